The molecule has 1 atom stereocenters. The molecule has 0 spiro atoms. The minimum Gasteiger partial charge on any atom is -0.396 e. The molecule has 130 valence electrons. The van der Waals surface area contributed by atoms with Gasteiger partial charge in [0.2, 0.25) is 0 Å². The summed E-state index contributed by atoms with van der Waals surface area (Å²) < 4.78 is 0. The van der Waals surface area contributed by atoms with Gasteiger partial charge in [-0.05, 0) is 55.6 Å². The summed E-state index contributed by atoms with van der Waals surface area (Å²) in [5.41, 5.74) is 1.99. The van der Waals surface area contributed by atoms with Gasteiger partial charge >= 0.3 is 11.8 Å². The average molecular weight is 330 g/mol. The Balaban J connectivity index is 1.64. The fraction of sp³-hybridized carbons (Fsp3) is 0.579. The predicted octanol–water partition coefficient (Wildman–Crippen LogP) is 2.19. The first kappa shape index (κ1) is 17.0. The van der Waals surface area contributed by atoms with Crippen molar-refractivity contribution < 1.29 is 14.7 Å². The number of aliphatic hydroxyl groups is 1. The van der Waals surface area contributed by atoms with Crippen molar-refractivity contribution in [3.8, 4) is 0 Å². The maximum atomic E-state index is 12.6. The molecule has 24 heavy (non-hydrogen) atoms. The zero-order valence-corrected chi connectivity index (χ0v) is 14.2. The van der Waals surface area contributed by atoms with Gasteiger partial charge in [-0.3, -0.25) is 9.59 Å². The normalized spacial score (nSPS) is 26.6. The van der Waals surface area contributed by atoms with E-state index in [0.29, 0.717) is 18.4 Å². The molecule has 3 rings (SSSR count). The van der Waals surface area contributed by atoms with E-state index in [-0.39, 0.29) is 12.6 Å². The number of carbonyl (C=O) groups excluding carboxylic acids is 2. The molecule has 2 N–H and O–H groups in total. The van der Waals surface area contributed by atoms with Crippen LogP contribution in [0.4, 0.5) is 5.69 Å². The molecule has 0 aromatic heterocycles. The van der Waals surface area contributed by atoms with Crippen molar-refractivity contribution in [3.63, 3.8) is 0 Å². The van der Waals surface area contributed by atoms with Crippen molar-refractivity contribution >= 4 is 17.5 Å². The lowest BCUT2D eigenvalue weighted by molar-refractivity contribution is -0.138. The van der Waals surface area contributed by atoms with Crippen molar-refractivity contribution in [2.75, 3.05) is 18.1 Å². The van der Waals surface area contributed by atoms with Crippen LogP contribution < -0.4 is 10.2 Å². The van der Waals surface area contributed by atoms with Gasteiger partial charge in [-0.2, -0.15) is 0 Å². The van der Waals surface area contributed by atoms with Crippen LogP contribution in [0.15, 0.2) is 24.3 Å². The minimum atomic E-state index is -0.508. The number of fused-ring (bicyclic) bond motifs is 1. The molecule has 2 amide bonds. The van der Waals surface area contributed by atoms with E-state index in [1.165, 1.54) is 0 Å². The van der Waals surface area contributed by atoms with Crippen molar-refractivity contribution in [3.05, 3.63) is 29.8 Å². The SMILES string of the molecule is CC1CCN(C(=O)C(=O)NC2CCC(CO)CC2)c2ccccc21. The van der Waals surface area contributed by atoms with Crippen LogP contribution in [0.3, 0.4) is 0 Å². The molecule has 1 fully saturated rings. The Hall–Kier alpha value is -1.88. The van der Waals surface area contributed by atoms with Gasteiger partial charge in [0.05, 0.1) is 0 Å². The maximum Gasteiger partial charge on any atom is 0.316 e. The van der Waals surface area contributed by atoms with E-state index in [4.69, 9.17) is 0 Å². The van der Waals surface area contributed by atoms with E-state index >= 15 is 0 Å². The van der Waals surface area contributed by atoms with Crippen molar-refractivity contribution in [2.45, 2.75) is 51.0 Å². The number of nitrogens with zero attached hydrogens (tertiary/aromatic N) is 1. The predicted molar refractivity (Wildman–Crippen MR) is 92.8 cm³/mol. The van der Waals surface area contributed by atoms with Gasteiger partial charge in [0, 0.05) is 24.9 Å². The van der Waals surface area contributed by atoms with E-state index in [2.05, 4.69) is 12.2 Å². The summed E-state index contributed by atoms with van der Waals surface area (Å²) in [6.07, 6.45) is 4.34. The minimum absolute atomic E-state index is 0.0446. The Morgan fingerprint density at radius 2 is 1.88 bits per heavy atom. The van der Waals surface area contributed by atoms with Gasteiger partial charge in [-0.15, -0.1) is 0 Å². The van der Waals surface area contributed by atoms with Crippen LogP contribution in [0.2, 0.25) is 0 Å². The second-order valence-electron chi connectivity index (χ2n) is 7.08. The molecule has 1 aromatic rings. The van der Waals surface area contributed by atoms with Gasteiger partial charge in [0.25, 0.3) is 0 Å². The highest BCUT2D eigenvalue weighted by molar-refractivity contribution is 6.40. The Labute approximate surface area is 143 Å². The summed E-state index contributed by atoms with van der Waals surface area (Å²) >= 11 is 0. The van der Waals surface area contributed by atoms with E-state index in [1.54, 1.807) is 4.90 Å². The summed E-state index contributed by atoms with van der Waals surface area (Å²) in [6, 6.07) is 7.88. The van der Waals surface area contributed by atoms with Crippen molar-refractivity contribution in [1.82, 2.24) is 5.32 Å². The Morgan fingerprint density at radius 3 is 2.58 bits per heavy atom. The lowest BCUT2D eigenvalue weighted by Gasteiger charge is -2.33. The second-order valence-corrected chi connectivity index (χ2v) is 7.08. The summed E-state index contributed by atoms with van der Waals surface area (Å²) in [7, 11) is 0. The Morgan fingerprint density at radius 1 is 1.17 bits per heavy atom. The number of rotatable bonds is 2. The monoisotopic (exact) mass is 330 g/mol. The number of para-hydroxylation sites is 1. The number of hydrogen-bond donors (Lipinski definition) is 2. The van der Waals surface area contributed by atoms with Crippen molar-refractivity contribution in [2.24, 2.45) is 5.92 Å². The average Bonchev–Trinajstić information content (AvgIpc) is 2.62. The molecule has 1 heterocycles. The van der Waals surface area contributed by atoms with Crippen LogP contribution in [0.5, 0.6) is 0 Å². The van der Waals surface area contributed by atoms with E-state index in [1.807, 2.05) is 24.3 Å². The maximum absolute atomic E-state index is 12.6. The molecule has 1 saturated carbocycles. The zero-order valence-electron chi connectivity index (χ0n) is 14.2. The van der Waals surface area contributed by atoms with Crippen LogP contribution in [0, 0.1) is 5.92 Å². The quantitative estimate of drug-likeness (QED) is 0.817. The van der Waals surface area contributed by atoms with Crippen LogP contribution in [0.1, 0.15) is 50.5 Å². The topological polar surface area (TPSA) is 69.6 Å². The largest absolute Gasteiger partial charge is 0.396 e. The fourth-order valence-electron chi connectivity index (χ4n) is 3.82. The molecule has 1 aliphatic heterocycles. The summed E-state index contributed by atoms with van der Waals surface area (Å²) in [4.78, 5) is 26.7. The Bertz CT molecular complexity index is 608. The third kappa shape index (κ3) is 3.46. The van der Waals surface area contributed by atoms with Crippen LogP contribution >= 0.6 is 0 Å². The smallest absolute Gasteiger partial charge is 0.316 e. The molecule has 1 aliphatic carbocycles. The molecule has 5 heteroatoms. The first-order chi connectivity index (χ1) is 11.6. The number of benzene rings is 1. The molecule has 0 radical (unpaired) electrons. The first-order valence-electron chi connectivity index (χ1n) is 8.92. The third-order valence-corrected chi connectivity index (χ3v) is 5.42. The highest BCUT2D eigenvalue weighted by Gasteiger charge is 2.31. The van der Waals surface area contributed by atoms with Gasteiger partial charge < -0.3 is 15.3 Å². The van der Waals surface area contributed by atoms with Crippen LogP contribution in [-0.2, 0) is 9.59 Å². The highest BCUT2D eigenvalue weighted by Crippen LogP contribution is 2.34. The van der Waals surface area contributed by atoms with Crippen molar-refractivity contribution in [1.29, 1.82) is 0 Å². The van der Waals surface area contributed by atoms with Gasteiger partial charge in [-0.25, -0.2) is 0 Å². The molecular weight excluding hydrogens is 304 g/mol. The van der Waals surface area contributed by atoms with E-state index in [9.17, 15) is 14.7 Å². The zero-order chi connectivity index (χ0) is 17.1. The molecule has 2 aliphatic rings. The number of amides is 2. The molecule has 1 unspecified atom stereocenters. The molecule has 0 bridgehead atoms. The first-order valence-corrected chi connectivity index (χ1v) is 8.92. The molecular formula is C19H26N2O3. The Kier molecular flexibility index (Phi) is 5.19. The summed E-state index contributed by atoms with van der Waals surface area (Å²) in [6.45, 7) is 2.95. The van der Waals surface area contributed by atoms with Gasteiger partial charge in [-0.1, -0.05) is 25.1 Å². The number of hydrogen-bond acceptors (Lipinski definition) is 3. The van der Waals surface area contributed by atoms with E-state index < -0.39 is 11.8 Å². The summed E-state index contributed by atoms with van der Waals surface area (Å²) in [5, 5.41) is 12.1. The molecule has 0 saturated heterocycles. The lowest BCUT2D eigenvalue weighted by Crippen LogP contribution is -2.49. The lowest BCUT2D eigenvalue weighted by atomic mass is 9.86. The standard InChI is InChI=1S/C19H26N2O3/c1-13-10-11-21(17-5-3-2-4-16(13)17)19(24)18(23)20-15-8-6-14(12-22)7-9-15/h2-5,13-15,22H,6-12H2,1H3,(H,20,23). The van der Waals surface area contributed by atoms with Gasteiger partial charge in [0.15, 0.2) is 0 Å². The second kappa shape index (κ2) is 7.34. The highest BCUT2D eigenvalue weighted by atomic mass is 16.3. The summed E-state index contributed by atoms with van der Waals surface area (Å²) in [5.74, 6) is -0.225. The van der Waals surface area contributed by atoms with Crippen LogP contribution in [-0.4, -0.2) is 36.1 Å². The number of carbonyl (C=O) groups is 2. The third-order valence-electron chi connectivity index (χ3n) is 5.42. The van der Waals surface area contributed by atoms with Gasteiger partial charge in [0.1, 0.15) is 0 Å². The number of aliphatic hydroxyl groups excluding tert-OH is 1. The molecule has 1 aromatic carbocycles. The number of anilines is 1. The van der Waals surface area contributed by atoms with E-state index in [0.717, 1.165) is 43.4 Å². The number of nitrogens with one attached hydrogen (secondary N) is 1. The fourth-order valence-corrected chi connectivity index (χ4v) is 3.82. The van der Waals surface area contributed by atoms with Crippen LogP contribution in [0.25, 0.3) is 0 Å². The molecule has 5 nitrogen and oxygen atoms in total.